The van der Waals surface area contributed by atoms with E-state index >= 15 is 0 Å². The minimum absolute atomic E-state index is 0.167. The highest BCUT2D eigenvalue weighted by Crippen LogP contribution is 2.17. The Morgan fingerprint density at radius 3 is 2.50 bits per heavy atom. The van der Waals surface area contributed by atoms with E-state index in [0.717, 1.165) is 44.0 Å². The molecule has 1 unspecified atom stereocenters. The molecule has 1 fully saturated rings. The lowest BCUT2D eigenvalue weighted by molar-refractivity contribution is 0.106. The first-order valence-electron chi connectivity index (χ1n) is 10.6. The molecule has 1 saturated heterocycles. The first-order valence-corrected chi connectivity index (χ1v) is 10.6. The molecular weight excluding hydrogens is 379 g/mol. The van der Waals surface area contributed by atoms with Crippen LogP contribution < -0.4 is 10.6 Å². The third kappa shape index (κ3) is 6.28. The molecule has 0 aliphatic carbocycles. The Labute approximate surface area is 179 Å². The van der Waals surface area contributed by atoms with Gasteiger partial charge in [-0.1, -0.05) is 36.4 Å². The molecule has 0 amide bonds. The second kappa shape index (κ2) is 11.1. The Balaban J connectivity index is 1.45. The fourth-order valence-electron chi connectivity index (χ4n) is 3.86. The summed E-state index contributed by atoms with van der Waals surface area (Å²) in [6.45, 7) is 5.89. The van der Waals surface area contributed by atoms with Gasteiger partial charge in [0.15, 0.2) is 5.96 Å². The number of halogens is 1. The number of guanidine groups is 1. The monoisotopic (exact) mass is 412 g/mol. The summed E-state index contributed by atoms with van der Waals surface area (Å²) in [7, 11) is 3.44. The van der Waals surface area contributed by atoms with E-state index in [1.807, 2.05) is 0 Å². The van der Waals surface area contributed by atoms with Gasteiger partial charge in [0.25, 0.3) is 0 Å². The van der Waals surface area contributed by atoms with E-state index in [0.29, 0.717) is 12.6 Å². The van der Waals surface area contributed by atoms with Gasteiger partial charge in [0, 0.05) is 46.4 Å². The fourth-order valence-corrected chi connectivity index (χ4v) is 3.86. The number of hydrogen-bond acceptors (Lipinski definition) is 3. The average Bonchev–Trinajstić information content (AvgIpc) is 2.77. The largest absolute Gasteiger partial charge is 0.375 e. The Morgan fingerprint density at radius 2 is 1.87 bits per heavy atom. The molecule has 0 bridgehead atoms. The maximum Gasteiger partial charge on any atom is 0.191 e. The van der Waals surface area contributed by atoms with Gasteiger partial charge in [0.1, 0.15) is 5.82 Å². The van der Waals surface area contributed by atoms with Gasteiger partial charge in [0.05, 0.1) is 6.10 Å². The summed E-state index contributed by atoms with van der Waals surface area (Å²) in [5.41, 5.74) is 3.70. The molecule has 1 aliphatic rings. The van der Waals surface area contributed by atoms with E-state index in [-0.39, 0.29) is 11.9 Å². The minimum Gasteiger partial charge on any atom is -0.375 e. The van der Waals surface area contributed by atoms with Crippen molar-refractivity contribution in [2.45, 2.75) is 38.5 Å². The van der Waals surface area contributed by atoms with Crippen molar-refractivity contribution in [1.29, 1.82) is 0 Å². The molecule has 0 aromatic heterocycles. The lowest BCUT2D eigenvalue weighted by Gasteiger charge is -2.33. The lowest BCUT2D eigenvalue weighted by atomic mass is 10.0. The SMILES string of the molecule is CN=C(NCC(OC)c1ccc(F)cc1)NC1CCN(Cc2ccccc2C)CC1. The van der Waals surface area contributed by atoms with Gasteiger partial charge in [-0.25, -0.2) is 4.39 Å². The van der Waals surface area contributed by atoms with Crippen LogP contribution in [0.25, 0.3) is 0 Å². The average molecular weight is 413 g/mol. The molecule has 2 N–H and O–H groups in total. The maximum absolute atomic E-state index is 13.2. The summed E-state index contributed by atoms with van der Waals surface area (Å²) in [6, 6.07) is 15.4. The summed E-state index contributed by atoms with van der Waals surface area (Å²) < 4.78 is 18.7. The van der Waals surface area contributed by atoms with E-state index in [9.17, 15) is 4.39 Å². The zero-order valence-corrected chi connectivity index (χ0v) is 18.2. The van der Waals surface area contributed by atoms with Gasteiger partial charge in [-0.2, -0.15) is 0 Å². The Hall–Kier alpha value is -2.44. The third-order valence-electron chi connectivity index (χ3n) is 5.79. The molecule has 2 aromatic carbocycles. The second-order valence-corrected chi connectivity index (χ2v) is 7.85. The molecular formula is C24H33FN4O. The number of benzene rings is 2. The summed E-state index contributed by atoms with van der Waals surface area (Å²) in [6.07, 6.45) is 2.00. The van der Waals surface area contributed by atoms with Gasteiger partial charge in [-0.05, 0) is 48.6 Å². The van der Waals surface area contributed by atoms with Gasteiger partial charge in [-0.3, -0.25) is 9.89 Å². The number of piperidine rings is 1. The molecule has 1 atom stereocenters. The molecule has 0 spiro atoms. The number of likely N-dealkylation sites (tertiary alicyclic amines) is 1. The van der Waals surface area contributed by atoms with Crippen LogP contribution in [0.4, 0.5) is 4.39 Å². The topological polar surface area (TPSA) is 48.9 Å². The minimum atomic E-state index is -0.243. The molecule has 1 heterocycles. The lowest BCUT2D eigenvalue weighted by Crippen LogP contribution is -2.49. The highest BCUT2D eigenvalue weighted by molar-refractivity contribution is 5.80. The Kier molecular flexibility index (Phi) is 8.22. The molecule has 5 nitrogen and oxygen atoms in total. The van der Waals surface area contributed by atoms with Crippen LogP contribution in [-0.4, -0.2) is 50.7 Å². The first kappa shape index (κ1) is 22.2. The first-order chi connectivity index (χ1) is 14.6. The van der Waals surface area contributed by atoms with Crippen molar-refractivity contribution in [3.05, 3.63) is 71.0 Å². The maximum atomic E-state index is 13.2. The summed E-state index contributed by atoms with van der Waals surface area (Å²) >= 11 is 0. The Morgan fingerprint density at radius 1 is 1.17 bits per heavy atom. The predicted molar refractivity (Wildman–Crippen MR) is 120 cm³/mol. The number of nitrogens with one attached hydrogen (secondary N) is 2. The zero-order chi connectivity index (χ0) is 21.3. The predicted octanol–water partition coefficient (Wildman–Crippen LogP) is 3.65. The van der Waals surface area contributed by atoms with Crippen LogP contribution in [0.1, 0.15) is 35.6 Å². The van der Waals surface area contributed by atoms with Crippen molar-refractivity contribution in [3.8, 4) is 0 Å². The normalized spacial score (nSPS) is 17.0. The van der Waals surface area contributed by atoms with Crippen LogP contribution in [0.3, 0.4) is 0 Å². The quantitative estimate of drug-likeness (QED) is 0.538. The van der Waals surface area contributed by atoms with E-state index in [4.69, 9.17) is 4.74 Å². The van der Waals surface area contributed by atoms with Crippen LogP contribution in [-0.2, 0) is 11.3 Å². The van der Waals surface area contributed by atoms with Crippen molar-refractivity contribution >= 4 is 5.96 Å². The number of hydrogen-bond donors (Lipinski definition) is 2. The van der Waals surface area contributed by atoms with Gasteiger partial charge in [0.2, 0.25) is 0 Å². The van der Waals surface area contributed by atoms with E-state index in [2.05, 4.69) is 51.7 Å². The van der Waals surface area contributed by atoms with E-state index < -0.39 is 0 Å². The van der Waals surface area contributed by atoms with Crippen molar-refractivity contribution in [2.75, 3.05) is 33.8 Å². The second-order valence-electron chi connectivity index (χ2n) is 7.85. The standard InChI is InChI=1S/C24H33FN4O/c1-18-6-4-5-7-20(18)17-29-14-12-22(13-15-29)28-24(26-2)27-16-23(30-3)19-8-10-21(25)11-9-19/h4-11,22-23H,12-17H2,1-3H3,(H2,26,27,28). The highest BCUT2D eigenvalue weighted by Gasteiger charge is 2.21. The number of aliphatic imine (C=N–C) groups is 1. The number of ether oxygens (including phenoxy) is 1. The summed E-state index contributed by atoms with van der Waals surface area (Å²) in [5, 5.41) is 6.88. The molecule has 6 heteroatoms. The summed E-state index contributed by atoms with van der Waals surface area (Å²) in [5.74, 6) is 0.532. The fraction of sp³-hybridized carbons (Fsp3) is 0.458. The molecule has 2 aromatic rings. The smallest absolute Gasteiger partial charge is 0.191 e. The van der Waals surface area contributed by atoms with Crippen molar-refractivity contribution < 1.29 is 9.13 Å². The van der Waals surface area contributed by atoms with E-state index in [1.54, 1.807) is 26.3 Å². The van der Waals surface area contributed by atoms with Gasteiger partial charge in [-0.15, -0.1) is 0 Å². The van der Waals surface area contributed by atoms with Crippen LogP contribution in [0.2, 0.25) is 0 Å². The number of nitrogens with zero attached hydrogens (tertiary/aromatic N) is 2. The molecule has 3 rings (SSSR count). The number of rotatable bonds is 7. The molecule has 162 valence electrons. The van der Waals surface area contributed by atoms with Gasteiger partial charge < -0.3 is 15.4 Å². The zero-order valence-electron chi connectivity index (χ0n) is 18.2. The van der Waals surface area contributed by atoms with Crippen molar-refractivity contribution in [1.82, 2.24) is 15.5 Å². The molecule has 0 radical (unpaired) electrons. The molecule has 30 heavy (non-hydrogen) atoms. The van der Waals surface area contributed by atoms with Crippen LogP contribution in [0.5, 0.6) is 0 Å². The van der Waals surface area contributed by atoms with E-state index in [1.165, 1.54) is 23.3 Å². The van der Waals surface area contributed by atoms with Crippen LogP contribution in [0, 0.1) is 12.7 Å². The van der Waals surface area contributed by atoms with Crippen LogP contribution in [0.15, 0.2) is 53.5 Å². The van der Waals surface area contributed by atoms with Crippen molar-refractivity contribution in [3.63, 3.8) is 0 Å². The van der Waals surface area contributed by atoms with Crippen LogP contribution >= 0.6 is 0 Å². The number of aryl methyl sites for hydroxylation is 1. The number of methoxy groups -OCH3 is 1. The Bertz CT molecular complexity index is 816. The molecule has 1 aliphatic heterocycles. The van der Waals surface area contributed by atoms with Gasteiger partial charge >= 0.3 is 0 Å². The third-order valence-corrected chi connectivity index (χ3v) is 5.79. The molecule has 0 saturated carbocycles. The summed E-state index contributed by atoms with van der Waals surface area (Å²) in [4.78, 5) is 6.88. The van der Waals surface area contributed by atoms with Crippen molar-refractivity contribution in [2.24, 2.45) is 4.99 Å². The highest BCUT2D eigenvalue weighted by atomic mass is 19.1.